The average Bonchev–Trinajstić information content (AvgIpc) is 2.69. The van der Waals surface area contributed by atoms with Gasteiger partial charge in [0.1, 0.15) is 18.5 Å². The molecule has 0 fully saturated rings. The third kappa shape index (κ3) is 6.44. The number of carbonyl (C=O) groups is 2. The Bertz CT molecular complexity index is 806. The zero-order valence-corrected chi connectivity index (χ0v) is 15.4. The molecule has 148 valence electrons. The van der Waals surface area contributed by atoms with Crippen molar-refractivity contribution < 1.29 is 29.3 Å². The highest BCUT2D eigenvalue weighted by Gasteiger charge is 2.25. The number of para-hydroxylation sites is 2. The monoisotopic (exact) mass is 385 g/mol. The van der Waals surface area contributed by atoms with E-state index in [0.717, 1.165) is 6.08 Å². The normalized spacial score (nSPS) is 12.9. The molecule has 0 radical (unpaired) electrons. The third-order valence-electron chi connectivity index (χ3n) is 3.85. The number of carboxylic acid groups (broad SMARTS) is 1. The molecule has 7 heteroatoms. The summed E-state index contributed by atoms with van der Waals surface area (Å²) in [7, 11) is 0. The van der Waals surface area contributed by atoms with E-state index in [1.165, 1.54) is 6.08 Å². The van der Waals surface area contributed by atoms with Crippen molar-refractivity contribution in [3.05, 3.63) is 72.3 Å². The van der Waals surface area contributed by atoms with E-state index >= 15 is 0 Å². The molecule has 2 aromatic rings. The van der Waals surface area contributed by atoms with Gasteiger partial charge in [-0.25, -0.2) is 9.59 Å². The number of aliphatic carboxylic acids is 1. The van der Waals surface area contributed by atoms with Crippen molar-refractivity contribution in [1.82, 2.24) is 0 Å². The Morgan fingerprint density at radius 3 is 2.46 bits per heavy atom. The van der Waals surface area contributed by atoms with E-state index in [9.17, 15) is 9.59 Å². The molecule has 0 saturated heterocycles. The van der Waals surface area contributed by atoms with Crippen LogP contribution in [0.2, 0.25) is 0 Å². The Morgan fingerprint density at radius 1 is 1.11 bits per heavy atom. The summed E-state index contributed by atoms with van der Waals surface area (Å²) < 4.78 is 11.2. The van der Waals surface area contributed by atoms with Crippen LogP contribution < -0.4 is 10.1 Å². The molecule has 28 heavy (non-hydrogen) atoms. The summed E-state index contributed by atoms with van der Waals surface area (Å²) in [5.41, 5.74) is 1.14. The van der Waals surface area contributed by atoms with Gasteiger partial charge in [0.2, 0.25) is 0 Å². The number of aliphatic hydroxyl groups excluding tert-OH is 1. The van der Waals surface area contributed by atoms with Crippen molar-refractivity contribution in [3.8, 4) is 5.75 Å². The number of carbonyl (C=O) groups excluding carboxylic acids is 1. The van der Waals surface area contributed by atoms with Crippen LogP contribution in [0.4, 0.5) is 10.5 Å². The number of nitrogens with one attached hydrogen (secondary N) is 1. The largest absolute Gasteiger partial charge is 0.491 e. The Hall–Kier alpha value is -3.32. The van der Waals surface area contributed by atoms with Crippen LogP contribution in [0.5, 0.6) is 5.75 Å². The Kier molecular flexibility index (Phi) is 8.05. The number of hydrogen-bond donors (Lipinski definition) is 3. The molecule has 0 aliphatic rings. The van der Waals surface area contributed by atoms with Gasteiger partial charge in [0.15, 0.2) is 0 Å². The van der Waals surface area contributed by atoms with Crippen LogP contribution in [0.25, 0.3) is 0 Å². The maximum Gasteiger partial charge on any atom is 0.412 e. The summed E-state index contributed by atoms with van der Waals surface area (Å²) in [6.07, 6.45) is 0.983. The smallest absolute Gasteiger partial charge is 0.412 e. The number of ether oxygens (including phenoxy) is 2. The van der Waals surface area contributed by atoms with E-state index in [4.69, 9.17) is 19.7 Å². The number of anilines is 1. The molecular formula is C21H23NO6. The van der Waals surface area contributed by atoms with Gasteiger partial charge >= 0.3 is 12.1 Å². The van der Waals surface area contributed by atoms with Gasteiger partial charge in [-0.15, -0.1) is 0 Å². The lowest BCUT2D eigenvalue weighted by atomic mass is 9.96. The second-order valence-corrected chi connectivity index (χ2v) is 5.98. The van der Waals surface area contributed by atoms with Crippen molar-refractivity contribution in [2.75, 3.05) is 18.5 Å². The molecule has 2 atom stereocenters. The molecule has 0 aromatic heterocycles. The highest BCUT2D eigenvalue weighted by atomic mass is 16.6. The van der Waals surface area contributed by atoms with E-state index in [2.05, 4.69) is 5.32 Å². The van der Waals surface area contributed by atoms with Crippen LogP contribution in [0, 0.1) is 5.92 Å². The van der Waals surface area contributed by atoms with Gasteiger partial charge in [-0.3, -0.25) is 5.32 Å². The van der Waals surface area contributed by atoms with Crippen molar-refractivity contribution in [2.24, 2.45) is 5.92 Å². The molecule has 7 nitrogen and oxygen atoms in total. The molecular weight excluding hydrogens is 362 g/mol. The molecule has 1 amide bonds. The highest BCUT2D eigenvalue weighted by molar-refractivity contribution is 5.84. The van der Waals surface area contributed by atoms with Crippen molar-refractivity contribution in [1.29, 1.82) is 0 Å². The van der Waals surface area contributed by atoms with Crippen LogP contribution in [-0.4, -0.2) is 35.5 Å². The molecule has 0 aliphatic heterocycles. The quantitative estimate of drug-likeness (QED) is 0.570. The molecule has 0 heterocycles. The van der Waals surface area contributed by atoms with Gasteiger partial charge in [-0.1, -0.05) is 49.4 Å². The predicted molar refractivity (Wildman–Crippen MR) is 104 cm³/mol. The van der Waals surface area contributed by atoms with E-state index in [0.29, 0.717) is 17.0 Å². The lowest BCUT2D eigenvalue weighted by molar-refractivity contribution is -0.131. The first-order valence-electron chi connectivity index (χ1n) is 8.77. The molecule has 0 saturated carbocycles. The topological polar surface area (TPSA) is 105 Å². The fourth-order valence-electron chi connectivity index (χ4n) is 2.58. The summed E-state index contributed by atoms with van der Waals surface area (Å²) in [5, 5.41) is 20.6. The van der Waals surface area contributed by atoms with Crippen LogP contribution in [0.1, 0.15) is 18.6 Å². The van der Waals surface area contributed by atoms with E-state index in [-0.39, 0.29) is 13.2 Å². The number of carboxylic acids is 1. The van der Waals surface area contributed by atoms with Gasteiger partial charge in [0, 0.05) is 23.2 Å². The van der Waals surface area contributed by atoms with Gasteiger partial charge < -0.3 is 19.7 Å². The number of hydrogen-bond acceptors (Lipinski definition) is 5. The number of aliphatic hydroxyl groups is 1. The standard InChI is InChI=1S/C21H23NO6/c1-15(11-12-19(24)25)20(17-9-5-6-10-18(17)27-14-13-23)28-21(26)22-16-7-3-2-4-8-16/h2-12,15,20,23H,13-14H2,1H3,(H,22,26)(H,24,25)/b12-11+/t15-,20-/m1/s1. The van der Waals surface area contributed by atoms with Crippen LogP contribution in [0.15, 0.2) is 66.7 Å². The van der Waals surface area contributed by atoms with Crippen molar-refractivity contribution >= 4 is 17.7 Å². The lowest BCUT2D eigenvalue weighted by Gasteiger charge is -2.24. The summed E-state index contributed by atoms with van der Waals surface area (Å²) in [4.78, 5) is 23.3. The fraction of sp³-hybridized carbons (Fsp3) is 0.238. The minimum absolute atomic E-state index is 0.0826. The van der Waals surface area contributed by atoms with E-state index < -0.39 is 24.1 Å². The molecule has 0 aliphatic carbocycles. The minimum Gasteiger partial charge on any atom is -0.491 e. The molecule has 3 N–H and O–H groups in total. The second kappa shape index (κ2) is 10.7. The predicted octanol–water partition coefficient (Wildman–Crippen LogP) is 3.62. The molecule has 2 aromatic carbocycles. The maximum atomic E-state index is 12.4. The first-order valence-corrected chi connectivity index (χ1v) is 8.77. The third-order valence-corrected chi connectivity index (χ3v) is 3.85. The summed E-state index contributed by atoms with van der Waals surface area (Å²) in [5.74, 6) is -1.09. The van der Waals surface area contributed by atoms with E-state index in [1.54, 1.807) is 55.5 Å². The van der Waals surface area contributed by atoms with Crippen LogP contribution >= 0.6 is 0 Å². The lowest BCUT2D eigenvalue weighted by Crippen LogP contribution is -2.22. The van der Waals surface area contributed by atoms with E-state index in [1.807, 2.05) is 6.07 Å². The first kappa shape index (κ1) is 21.0. The molecule has 0 spiro atoms. The second-order valence-electron chi connectivity index (χ2n) is 5.98. The number of rotatable bonds is 9. The zero-order chi connectivity index (χ0) is 20.4. The van der Waals surface area contributed by atoms with Gasteiger partial charge in [0.05, 0.1) is 6.61 Å². The van der Waals surface area contributed by atoms with Crippen LogP contribution in [0.3, 0.4) is 0 Å². The first-order chi connectivity index (χ1) is 13.5. The number of benzene rings is 2. The van der Waals surface area contributed by atoms with Crippen LogP contribution in [-0.2, 0) is 9.53 Å². The summed E-state index contributed by atoms with van der Waals surface area (Å²) in [6, 6.07) is 15.8. The van der Waals surface area contributed by atoms with Crippen molar-refractivity contribution in [3.63, 3.8) is 0 Å². The molecule has 0 bridgehead atoms. The van der Waals surface area contributed by atoms with Gasteiger partial charge in [0.25, 0.3) is 0 Å². The molecule has 0 unspecified atom stereocenters. The van der Waals surface area contributed by atoms with Gasteiger partial charge in [-0.05, 0) is 18.2 Å². The Balaban J connectivity index is 2.27. The zero-order valence-electron chi connectivity index (χ0n) is 15.4. The Morgan fingerprint density at radius 2 is 1.79 bits per heavy atom. The average molecular weight is 385 g/mol. The summed E-state index contributed by atoms with van der Waals surface area (Å²) >= 11 is 0. The van der Waals surface area contributed by atoms with Crippen molar-refractivity contribution in [2.45, 2.75) is 13.0 Å². The maximum absolute atomic E-state index is 12.4. The van der Waals surface area contributed by atoms with Gasteiger partial charge in [-0.2, -0.15) is 0 Å². The SMILES string of the molecule is C[C@H](/C=C/C(=O)O)[C@@H](OC(=O)Nc1ccccc1)c1ccccc1OCCO. The highest BCUT2D eigenvalue weighted by Crippen LogP contribution is 2.34. The molecule has 2 rings (SSSR count). The minimum atomic E-state index is -1.09. The fourth-order valence-corrected chi connectivity index (χ4v) is 2.58. The summed E-state index contributed by atoms with van der Waals surface area (Å²) in [6.45, 7) is 1.66. The number of amides is 1. The Labute approximate surface area is 163 Å².